The maximum absolute atomic E-state index is 11.5. The van der Waals surface area contributed by atoms with Crippen molar-refractivity contribution in [1.82, 2.24) is 4.98 Å². The number of hydrogen-bond acceptors (Lipinski definition) is 5. The molecule has 0 atom stereocenters. The van der Waals surface area contributed by atoms with Gasteiger partial charge in [0.1, 0.15) is 11.3 Å². The van der Waals surface area contributed by atoms with Gasteiger partial charge >= 0.3 is 5.97 Å². The smallest absolute Gasteiger partial charge is 0.347 e. The number of aliphatic carboxylic acids is 1. The van der Waals surface area contributed by atoms with Crippen molar-refractivity contribution in [2.75, 3.05) is 11.4 Å². The van der Waals surface area contributed by atoms with Crippen LogP contribution in [-0.4, -0.2) is 28.2 Å². The minimum atomic E-state index is -1.29. The van der Waals surface area contributed by atoms with Gasteiger partial charge in [0.25, 0.3) is 6.01 Å². The topological polar surface area (TPSA) is 75.8 Å². The van der Waals surface area contributed by atoms with Gasteiger partial charge in [-0.05, 0) is 62.4 Å². The summed E-state index contributed by atoms with van der Waals surface area (Å²) in [5, 5.41) is 9.39. The van der Waals surface area contributed by atoms with E-state index in [1.54, 1.807) is 19.9 Å². The molecule has 1 heterocycles. The molecule has 1 saturated carbocycles. The third-order valence-corrected chi connectivity index (χ3v) is 6.48. The fourth-order valence-corrected chi connectivity index (χ4v) is 4.55. The molecule has 0 saturated heterocycles. The maximum atomic E-state index is 11.5. The lowest BCUT2D eigenvalue weighted by Gasteiger charge is -2.25. The standard InChI is InChI=1S/C27H34N2O4/c1-27(2,25(30)31)33-22-14-8-12-21(18-22)19-29(17-9-13-20-10-4-3-5-11-20)26-28-23-15-6-7-16-24(23)32-26/h6-8,12,14-16,18,20H,3-5,9-11,13,17,19H2,1-2H3,(H,30,31). The molecule has 2 aromatic carbocycles. The lowest BCUT2D eigenvalue weighted by molar-refractivity contribution is -0.152. The van der Waals surface area contributed by atoms with Crippen molar-refractivity contribution in [1.29, 1.82) is 0 Å². The molecule has 1 aromatic heterocycles. The lowest BCUT2D eigenvalue weighted by Crippen LogP contribution is -2.37. The quantitative estimate of drug-likeness (QED) is 0.383. The predicted octanol–water partition coefficient (Wildman–Crippen LogP) is 6.44. The molecule has 1 aliphatic carbocycles. The minimum Gasteiger partial charge on any atom is -0.478 e. The fraction of sp³-hybridized carbons (Fsp3) is 0.481. The number of oxazole rings is 1. The molecule has 1 aliphatic rings. The summed E-state index contributed by atoms with van der Waals surface area (Å²) in [4.78, 5) is 18.4. The number of carboxylic acids is 1. The van der Waals surface area contributed by atoms with E-state index >= 15 is 0 Å². The maximum Gasteiger partial charge on any atom is 0.347 e. The third kappa shape index (κ3) is 6.06. The van der Waals surface area contributed by atoms with Gasteiger partial charge in [0, 0.05) is 13.1 Å². The fourth-order valence-electron chi connectivity index (χ4n) is 4.55. The molecular formula is C27H34N2O4. The highest BCUT2D eigenvalue weighted by atomic mass is 16.5. The predicted molar refractivity (Wildman–Crippen MR) is 130 cm³/mol. The summed E-state index contributed by atoms with van der Waals surface area (Å²) in [5.74, 6) is 0.377. The van der Waals surface area contributed by atoms with Crippen LogP contribution in [0.4, 0.5) is 6.01 Å². The lowest BCUT2D eigenvalue weighted by atomic mass is 9.86. The van der Waals surface area contributed by atoms with E-state index < -0.39 is 11.6 Å². The average Bonchev–Trinajstić information content (AvgIpc) is 3.23. The van der Waals surface area contributed by atoms with Crippen molar-refractivity contribution in [3.8, 4) is 5.75 Å². The highest BCUT2D eigenvalue weighted by Gasteiger charge is 2.29. The molecule has 33 heavy (non-hydrogen) atoms. The van der Waals surface area contributed by atoms with Crippen LogP contribution in [-0.2, 0) is 11.3 Å². The number of carboxylic acid groups (broad SMARTS) is 1. The van der Waals surface area contributed by atoms with Gasteiger partial charge in [0.05, 0.1) is 0 Å². The number of fused-ring (bicyclic) bond motifs is 1. The van der Waals surface area contributed by atoms with Crippen LogP contribution in [0.1, 0.15) is 64.4 Å². The molecule has 1 fully saturated rings. The zero-order valence-electron chi connectivity index (χ0n) is 19.6. The third-order valence-electron chi connectivity index (χ3n) is 6.48. The number of nitrogens with zero attached hydrogens (tertiary/aromatic N) is 2. The average molecular weight is 451 g/mol. The molecule has 3 aromatic rings. The van der Waals surface area contributed by atoms with E-state index in [1.165, 1.54) is 38.5 Å². The first-order valence-corrected chi connectivity index (χ1v) is 12.0. The molecule has 0 bridgehead atoms. The van der Waals surface area contributed by atoms with Crippen LogP contribution in [0, 0.1) is 5.92 Å². The van der Waals surface area contributed by atoms with Crippen molar-refractivity contribution in [3.05, 3.63) is 54.1 Å². The molecule has 1 N–H and O–H groups in total. The monoisotopic (exact) mass is 450 g/mol. The van der Waals surface area contributed by atoms with Gasteiger partial charge in [-0.25, -0.2) is 4.79 Å². The molecule has 0 radical (unpaired) electrons. The van der Waals surface area contributed by atoms with Crippen LogP contribution in [0.5, 0.6) is 5.75 Å². The van der Waals surface area contributed by atoms with Crippen LogP contribution in [0.2, 0.25) is 0 Å². The number of hydrogen-bond donors (Lipinski definition) is 1. The van der Waals surface area contributed by atoms with Crippen molar-refractivity contribution in [2.45, 2.75) is 70.9 Å². The van der Waals surface area contributed by atoms with Crippen LogP contribution < -0.4 is 9.64 Å². The number of para-hydroxylation sites is 2. The summed E-state index contributed by atoms with van der Waals surface area (Å²) >= 11 is 0. The van der Waals surface area contributed by atoms with Crippen LogP contribution in [0.25, 0.3) is 11.1 Å². The van der Waals surface area contributed by atoms with E-state index in [0.717, 1.165) is 35.5 Å². The second-order valence-corrected chi connectivity index (χ2v) is 9.60. The van der Waals surface area contributed by atoms with E-state index in [-0.39, 0.29) is 0 Å². The van der Waals surface area contributed by atoms with Crippen molar-refractivity contribution in [3.63, 3.8) is 0 Å². The number of carbonyl (C=O) groups is 1. The van der Waals surface area contributed by atoms with Gasteiger partial charge in [0.15, 0.2) is 11.2 Å². The van der Waals surface area contributed by atoms with E-state index in [2.05, 4.69) is 4.90 Å². The molecule has 0 spiro atoms. The van der Waals surface area contributed by atoms with E-state index in [4.69, 9.17) is 14.1 Å². The molecule has 0 unspecified atom stereocenters. The molecule has 6 nitrogen and oxygen atoms in total. The molecular weight excluding hydrogens is 416 g/mol. The van der Waals surface area contributed by atoms with Crippen molar-refractivity contribution >= 4 is 23.1 Å². The Morgan fingerprint density at radius 3 is 2.70 bits per heavy atom. The Kier molecular flexibility index (Phi) is 7.21. The van der Waals surface area contributed by atoms with E-state index in [0.29, 0.717) is 18.3 Å². The first kappa shape index (κ1) is 23.1. The summed E-state index contributed by atoms with van der Waals surface area (Å²) in [6.07, 6.45) is 9.11. The number of aromatic nitrogens is 1. The largest absolute Gasteiger partial charge is 0.478 e. The molecule has 176 valence electrons. The SMILES string of the molecule is CC(C)(Oc1cccc(CN(CCCC2CCCCC2)c2nc3ccccc3o2)c1)C(=O)O. The van der Waals surface area contributed by atoms with E-state index in [9.17, 15) is 9.90 Å². The molecule has 0 amide bonds. The summed E-state index contributed by atoms with van der Waals surface area (Å²) < 4.78 is 11.8. The Balaban J connectivity index is 1.50. The highest BCUT2D eigenvalue weighted by Crippen LogP contribution is 2.29. The first-order chi connectivity index (χ1) is 15.9. The summed E-state index contributed by atoms with van der Waals surface area (Å²) in [6.45, 7) is 4.58. The van der Waals surface area contributed by atoms with Crippen LogP contribution in [0.15, 0.2) is 52.9 Å². The van der Waals surface area contributed by atoms with Gasteiger partial charge in [-0.15, -0.1) is 0 Å². The second kappa shape index (κ2) is 10.3. The van der Waals surface area contributed by atoms with Crippen molar-refractivity contribution < 1.29 is 19.1 Å². The second-order valence-electron chi connectivity index (χ2n) is 9.60. The van der Waals surface area contributed by atoms with Gasteiger partial charge in [-0.2, -0.15) is 4.98 Å². The van der Waals surface area contributed by atoms with Gasteiger partial charge in [-0.1, -0.05) is 56.4 Å². The summed E-state index contributed by atoms with van der Waals surface area (Å²) in [7, 11) is 0. The Morgan fingerprint density at radius 1 is 1.15 bits per heavy atom. The Hall–Kier alpha value is -3.02. The Morgan fingerprint density at radius 2 is 1.94 bits per heavy atom. The molecule has 4 rings (SSSR count). The zero-order chi connectivity index (χ0) is 23.3. The number of benzene rings is 2. The summed E-state index contributed by atoms with van der Waals surface area (Å²) in [5.41, 5.74) is 1.36. The van der Waals surface area contributed by atoms with Crippen molar-refractivity contribution in [2.24, 2.45) is 5.92 Å². The summed E-state index contributed by atoms with van der Waals surface area (Å²) in [6, 6.07) is 16.1. The normalized spacial score (nSPS) is 15.0. The van der Waals surface area contributed by atoms with Crippen LogP contribution in [0.3, 0.4) is 0 Å². The van der Waals surface area contributed by atoms with Crippen LogP contribution >= 0.6 is 0 Å². The number of anilines is 1. The first-order valence-electron chi connectivity index (χ1n) is 12.0. The van der Waals surface area contributed by atoms with E-state index in [1.807, 2.05) is 42.5 Å². The van der Waals surface area contributed by atoms with Gasteiger partial charge in [0.2, 0.25) is 0 Å². The molecule has 6 heteroatoms. The number of rotatable bonds is 10. The Bertz CT molecular complexity index is 1040. The molecule has 0 aliphatic heterocycles. The van der Waals surface area contributed by atoms with Gasteiger partial charge < -0.3 is 19.2 Å². The zero-order valence-corrected chi connectivity index (χ0v) is 19.6. The van der Waals surface area contributed by atoms with Gasteiger partial charge in [-0.3, -0.25) is 0 Å². The Labute approximate surface area is 195 Å². The number of ether oxygens (including phenoxy) is 1. The highest BCUT2D eigenvalue weighted by molar-refractivity contribution is 5.76. The minimum absolute atomic E-state index is 0.541.